The molecule has 20 heavy (non-hydrogen) atoms. The van der Waals surface area contributed by atoms with E-state index in [4.69, 9.17) is 10.7 Å². The molecule has 3 heteroatoms. The van der Waals surface area contributed by atoms with Crippen LogP contribution in [0.15, 0.2) is 18.0 Å². The molecular formula is C17H24N2O. The number of benzene rings is 1. The SMILES string of the molecule is CCC/C=C(/Nc1c2c(cc3c1CCC3)CCC2)ON. The summed E-state index contributed by atoms with van der Waals surface area (Å²) in [7, 11) is 0. The van der Waals surface area contributed by atoms with Crippen LogP contribution in [0, 0.1) is 0 Å². The lowest BCUT2D eigenvalue weighted by Gasteiger charge is -2.17. The standard InChI is InChI=1S/C17H24N2O/c1-2-3-10-16(20-18)19-17-14-8-4-6-12(14)11-13-7-5-9-15(13)17/h10-11,19H,2-9,18H2,1H3/b16-10-. The van der Waals surface area contributed by atoms with Crippen LogP contribution in [0.1, 0.15) is 54.9 Å². The van der Waals surface area contributed by atoms with E-state index in [-0.39, 0.29) is 0 Å². The Hall–Kier alpha value is -1.48. The van der Waals surface area contributed by atoms with Gasteiger partial charge in [0, 0.05) is 5.69 Å². The van der Waals surface area contributed by atoms with E-state index >= 15 is 0 Å². The van der Waals surface area contributed by atoms with Gasteiger partial charge in [0.15, 0.2) is 0 Å². The highest BCUT2D eigenvalue weighted by molar-refractivity contribution is 5.67. The van der Waals surface area contributed by atoms with E-state index in [2.05, 4.69) is 24.4 Å². The second-order valence-electron chi connectivity index (χ2n) is 5.83. The minimum atomic E-state index is 0.696. The fraction of sp³-hybridized carbons (Fsp3) is 0.529. The summed E-state index contributed by atoms with van der Waals surface area (Å²) >= 11 is 0. The largest absolute Gasteiger partial charge is 0.394 e. The molecule has 2 aliphatic carbocycles. The molecular weight excluding hydrogens is 248 g/mol. The quantitative estimate of drug-likeness (QED) is 0.636. The van der Waals surface area contributed by atoms with Crippen LogP contribution in [0.5, 0.6) is 0 Å². The Morgan fingerprint density at radius 3 is 2.40 bits per heavy atom. The Labute approximate surface area is 121 Å². The topological polar surface area (TPSA) is 47.3 Å². The molecule has 0 fully saturated rings. The number of rotatable bonds is 5. The molecule has 0 unspecified atom stereocenters. The minimum Gasteiger partial charge on any atom is -0.394 e. The van der Waals surface area contributed by atoms with Gasteiger partial charge < -0.3 is 10.2 Å². The smallest absolute Gasteiger partial charge is 0.212 e. The summed E-state index contributed by atoms with van der Waals surface area (Å²) in [4.78, 5) is 5.03. The Kier molecular flexibility index (Phi) is 3.97. The van der Waals surface area contributed by atoms with Crippen molar-refractivity contribution >= 4 is 5.69 Å². The van der Waals surface area contributed by atoms with Crippen LogP contribution < -0.4 is 11.2 Å². The second-order valence-corrected chi connectivity index (χ2v) is 5.83. The van der Waals surface area contributed by atoms with Gasteiger partial charge in [0.2, 0.25) is 5.88 Å². The highest BCUT2D eigenvalue weighted by Crippen LogP contribution is 2.39. The molecule has 0 aromatic heterocycles. The third-order valence-electron chi connectivity index (χ3n) is 4.47. The van der Waals surface area contributed by atoms with E-state index in [0.29, 0.717) is 5.88 Å². The summed E-state index contributed by atoms with van der Waals surface area (Å²) < 4.78 is 0. The fourth-order valence-electron chi connectivity index (χ4n) is 3.49. The Morgan fingerprint density at radius 1 is 1.20 bits per heavy atom. The summed E-state index contributed by atoms with van der Waals surface area (Å²) in [6.07, 6.45) is 11.5. The average Bonchev–Trinajstić information content (AvgIpc) is 3.10. The second kappa shape index (κ2) is 5.88. The third kappa shape index (κ3) is 2.42. The first-order valence-corrected chi connectivity index (χ1v) is 7.84. The Bertz CT molecular complexity index is 502. The van der Waals surface area contributed by atoms with Gasteiger partial charge in [-0.05, 0) is 73.3 Å². The van der Waals surface area contributed by atoms with Crippen molar-refractivity contribution in [3.63, 3.8) is 0 Å². The molecule has 108 valence electrons. The normalized spacial score (nSPS) is 17.0. The van der Waals surface area contributed by atoms with Crippen LogP contribution in [-0.4, -0.2) is 0 Å². The predicted molar refractivity (Wildman–Crippen MR) is 82.4 cm³/mol. The Balaban J connectivity index is 1.96. The maximum Gasteiger partial charge on any atom is 0.212 e. The number of unbranched alkanes of at least 4 members (excludes halogenated alkanes) is 1. The van der Waals surface area contributed by atoms with Crippen molar-refractivity contribution in [2.75, 3.05) is 5.32 Å². The van der Waals surface area contributed by atoms with Crippen molar-refractivity contribution < 1.29 is 4.84 Å². The number of nitrogens with two attached hydrogens (primary N) is 1. The first kappa shape index (κ1) is 13.5. The highest BCUT2D eigenvalue weighted by atomic mass is 16.6. The van der Waals surface area contributed by atoms with Crippen LogP contribution in [0.2, 0.25) is 0 Å². The van der Waals surface area contributed by atoms with Crippen molar-refractivity contribution in [2.24, 2.45) is 5.90 Å². The zero-order valence-electron chi connectivity index (χ0n) is 12.3. The molecule has 2 aliphatic rings. The van der Waals surface area contributed by atoms with E-state index in [1.54, 1.807) is 0 Å². The van der Waals surface area contributed by atoms with Gasteiger partial charge in [0.25, 0.3) is 0 Å². The summed E-state index contributed by atoms with van der Waals surface area (Å²) in [6, 6.07) is 2.44. The van der Waals surface area contributed by atoms with Gasteiger partial charge >= 0.3 is 0 Å². The number of aryl methyl sites for hydroxylation is 2. The monoisotopic (exact) mass is 272 g/mol. The van der Waals surface area contributed by atoms with Crippen molar-refractivity contribution in [3.05, 3.63) is 40.3 Å². The summed E-state index contributed by atoms with van der Waals surface area (Å²) in [5.41, 5.74) is 7.33. The minimum absolute atomic E-state index is 0.696. The van der Waals surface area contributed by atoms with Gasteiger partial charge in [-0.1, -0.05) is 19.4 Å². The number of fused-ring (bicyclic) bond motifs is 2. The molecule has 0 spiro atoms. The summed E-state index contributed by atoms with van der Waals surface area (Å²) in [5.74, 6) is 6.12. The van der Waals surface area contributed by atoms with Gasteiger partial charge in [-0.25, -0.2) is 0 Å². The molecule has 0 bridgehead atoms. The van der Waals surface area contributed by atoms with E-state index in [1.807, 2.05) is 0 Å². The summed E-state index contributed by atoms with van der Waals surface area (Å²) in [5, 5.41) is 3.48. The van der Waals surface area contributed by atoms with E-state index in [0.717, 1.165) is 12.8 Å². The highest BCUT2D eigenvalue weighted by Gasteiger charge is 2.24. The molecule has 0 atom stereocenters. The van der Waals surface area contributed by atoms with Gasteiger partial charge in [-0.15, -0.1) is 0 Å². The van der Waals surface area contributed by atoms with Crippen LogP contribution in [0.4, 0.5) is 5.69 Å². The zero-order chi connectivity index (χ0) is 13.9. The van der Waals surface area contributed by atoms with Crippen LogP contribution in [0.3, 0.4) is 0 Å². The lowest BCUT2D eigenvalue weighted by molar-refractivity contribution is 0.224. The van der Waals surface area contributed by atoms with Crippen molar-refractivity contribution in [1.82, 2.24) is 0 Å². The third-order valence-corrected chi connectivity index (χ3v) is 4.47. The van der Waals surface area contributed by atoms with Crippen molar-refractivity contribution in [3.8, 4) is 0 Å². The molecule has 3 rings (SSSR count). The molecule has 1 aromatic carbocycles. The average molecular weight is 272 g/mol. The number of hydrogen-bond donors (Lipinski definition) is 2. The molecule has 3 N–H and O–H groups in total. The summed E-state index contributed by atoms with van der Waals surface area (Å²) in [6.45, 7) is 2.16. The maximum atomic E-state index is 5.42. The molecule has 0 amide bonds. The van der Waals surface area contributed by atoms with Crippen LogP contribution in [0.25, 0.3) is 0 Å². The molecule has 3 nitrogen and oxygen atoms in total. The lowest BCUT2D eigenvalue weighted by atomic mass is 9.99. The molecule has 0 aliphatic heterocycles. The zero-order valence-corrected chi connectivity index (χ0v) is 12.3. The molecule has 0 saturated heterocycles. The van der Waals surface area contributed by atoms with E-state index in [1.165, 1.54) is 66.5 Å². The van der Waals surface area contributed by atoms with Gasteiger partial charge in [-0.2, -0.15) is 5.90 Å². The lowest BCUT2D eigenvalue weighted by Crippen LogP contribution is -2.12. The first-order chi connectivity index (χ1) is 9.83. The fourth-order valence-corrected chi connectivity index (χ4v) is 3.49. The first-order valence-electron chi connectivity index (χ1n) is 7.84. The van der Waals surface area contributed by atoms with E-state index in [9.17, 15) is 0 Å². The molecule has 0 radical (unpaired) electrons. The number of anilines is 1. The van der Waals surface area contributed by atoms with E-state index < -0.39 is 0 Å². The number of nitrogens with one attached hydrogen (secondary N) is 1. The predicted octanol–water partition coefficient (Wildman–Crippen LogP) is 3.61. The molecule has 1 aromatic rings. The van der Waals surface area contributed by atoms with Gasteiger partial charge in [0.05, 0.1) is 0 Å². The Morgan fingerprint density at radius 2 is 1.85 bits per heavy atom. The van der Waals surface area contributed by atoms with Crippen molar-refractivity contribution in [2.45, 2.75) is 58.3 Å². The van der Waals surface area contributed by atoms with Crippen LogP contribution in [-0.2, 0) is 30.5 Å². The van der Waals surface area contributed by atoms with Crippen LogP contribution >= 0.6 is 0 Å². The number of hydrogen-bond acceptors (Lipinski definition) is 3. The van der Waals surface area contributed by atoms with Gasteiger partial charge in [-0.3, -0.25) is 0 Å². The maximum absolute atomic E-state index is 5.42. The number of allylic oxidation sites excluding steroid dienone is 1. The van der Waals surface area contributed by atoms with Crippen molar-refractivity contribution in [1.29, 1.82) is 0 Å². The molecule has 0 heterocycles. The van der Waals surface area contributed by atoms with Gasteiger partial charge in [0.1, 0.15) is 0 Å². The molecule has 0 saturated carbocycles.